The van der Waals surface area contributed by atoms with E-state index >= 15 is 0 Å². The number of aliphatic hydroxyl groups excluding tert-OH is 9. The topological polar surface area (TPSA) is 330 Å². The molecule has 0 aromatic rings. The minimum absolute atomic E-state index is 0. The molecule has 0 bridgehead atoms. The standard InChI is InChI=1S/3C6H8O6.Lu/c3*7-1-2(8)5-3(9)4(10)6(11)12-5;/h3*2,5,7-10H,1H2;/q;;;+3/p-3/t3*2-,5+;/m000./s1. The maximum absolute atomic E-state index is 10.6. The number of esters is 3. The van der Waals surface area contributed by atoms with Crippen molar-refractivity contribution >= 4 is 17.9 Å². The maximum atomic E-state index is 10.6. The summed E-state index contributed by atoms with van der Waals surface area (Å²) in [4.78, 5) is 31.4. The van der Waals surface area contributed by atoms with Gasteiger partial charge in [-0.2, -0.15) is 0 Å². The molecule has 3 heterocycles. The Bertz CT molecular complexity index is 822. The second kappa shape index (κ2) is 15.0. The molecule has 0 saturated heterocycles. The number of ether oxygens (including phenoxy) is 3. The summed E-state index contributed by atoms with van der Waals surface area (Å²) in [6.45, 7) is -2.10. The minimum atomic E-state index is -1.46. The summed E-state index contributed by atoms with van der Waals surface area (Å²) in [7, 11) is 0. The fourth-order valence-electron chi connectivity index (χ4n) is 2.44. The quantitative estimate of drug-likeness (QED) is 0.0917. The number of hydrogen-bond donors (Lipinski definition) is 9. The van der Waals surface area contributed by atoms with Crippen molar-refractivity contribution in [2.24, 2.45) is 0 Å². The van der Waals surface area contributed by atoms with Crippen LogP contribution in [0.5, 0.6) is 0 Å². The van der Waals surface area contributed by atoms with Crippen molar-refractivity contribution in [3.8, 4) is 0 Å². The van der Waals surface area contributed by atoms with Gasteiger partial charge in [0.15, 0.2) is 18.3 Å². The third-order valence-corrected chi connectivity index (χ3v) is 4.37. The van der Waals surface area contributed by atoms with Gasteiger partial charge in [0.1, 0.15) is 35.6 Å². The maximum Gasteiger partial charge on any atom is 3.00 e. The monoisotopic (exact) mass is 700 g/mol. The van der Waals surface area contributed by atoms with Crippen LogP contribution in [0.4, 0.5) is 0 Å². The van der Waals surface area contributed by atoms with Gasteiger partial charge < -0.3 is 75.5 Å². The van der Waals surface area contributed by atoms with E-state index < -0.39 is 109 Å². The van der Waals surface area contributed by atoms with Crippen LogP contribution in [0.15, 0.2) is 34.6 Å². The molecule has 0 radical (unpaired) electrons. The van der Waals surface area contributed by atoms with Gasteiger partial charge in [-0.1, -0.05) is 0 Å². The zero-order valence-electron chi connectivity index (χ0n) is 18.0. The molecule has 0 aromatic carbocycles. The molecular weight excluding hydrogens is 679 g/mol. The summed E-state index contributed by atoms with van der Waals surface area (Å²) in [5.74, 6) is -9.75. The van der Waals surface area contributed by atoms with Gasteiger partial charge in [0.2, 0.25) is 0 Å². The second-order valence-electron chi connectivity index (χ2n) is 6.87. The Morgan fingerprint density at radius 3 is 0.865 bits per heavy atom. The number of rotatable bonds is 6. The van der Waals surface area contributed by atoms with Crippen molar-refractivity contribution in [1.82, 2.24) is 0 Å². The van der Waals surface area contributed by atoms with Gasteiger partial charge in [-0.15, -0.1) is 0 Å². The van der Waals surface area contributed by atoms with Gasteiger partial charge >= 0.3 is 54.8 Å². The van der Waals surface area contributed by atoms with E-state index in [-0.39, 0.29) is 36.9 Å². The molecule has 0 unspecified atom stereocenters. The molecule has 18 nitrogen and oxygen atoms in total. The van der Waals surface area contributed by atoms with Crippen LogP contribution in [-0.4, -0.2) is 120 Å². The third-order valence-electron chi connectivity index (χ3n) is 4.37. The van der Waals surface area contributed by atoms with Crippen LogP contribution in [0.25, 0.3) is 0 Å². The number of hydrogen-bond acceptors (Lipinski definition) is 18. The van der Waals surface area contributed by atoms with Crippen molar-refractivity contribution in [1.29, 1.82) is 0 Å². The first-order valence-electron chi connectivity index (χ1n) is 9.53. The molecule has 0 amide bonds. The van der Waals surface area contributed by atoms with Gasteiger partial charge in [-0.25, -0.2) is 14.4 Å². The smallest absolute Gasteiger partial charge is 0.865 e. The summed E-state index contributed by atoms with van der Waals surface area (Å²) in [6, 6.07) is 0. The molecule has 3 aliphatic heterocycles. The van der Waals surface area contributed by atoms with Gasteiger partial charge in [-0.05, 0) is 0 Å². The zero-order valence-corrected chi connectivity index (χ0v) is 19.7. The van der Waals surface area contributed by atoms with Crippen molar-refractivity contribution < 1.29 is 127 Å². The average molecular weight is 700 g/mol. The van der Waals surface area contributed by atoms with Gasteiger partial charge in [0.05, 0.1) is 19.8 Å². The molecule has 0 aromatic heterocycles. The first-order valence-corrected chi connectivity index (χ1v) is 9.53. The van der Waals surface area contributed by atoms with Crippen molar-refractivity contribution in [2.75, 3.05) is 19.8 Å². The largest absolute Gasteiger partial charge is 3.00 e. The van der Waals surface area contributed by atoms with E-state index in [2.05, 4.69) is 14.2 Å². The molecular formula is C18H21LuO18. The van der Waals surface area contributed by atoms with E-state index in [1.54, 1.807) is 0 Å². The molecule has 9 N–H and O–H groups in total. The summed E-state index contributed by atoms with van der Waals surface area (Å²) in [6.07, 6.45) is -8.64. The van der Waals surface area contributed by atoms with E-state index in [0.717, 1.165) is 0 Å². The van der Waals surface area contributed by atoms with Gasteiger partial charge in [0.25, 0.3) is 0 Å². The van der Waals surface area contributed by atoms with E-state index in [0.29, 0.717) is 0 Å². The molecule has 0 aliphatic carbocycles. The molecule has 6 atom stereocenters. The van der Waals surface area contributed by atoms with E-state index in [1.807, 2.05) is 0 Å². The molecule has 3 aliphatic rings. The summed E-state index contributed by atoms with van der Waals surface area (Å²) >= 11 is 0. The van der Waals surface area contributed by atoms with Gasteiger partial charge in [-0.3, -0.25) is 0 Å². The van der Waals surface area contributed by atoms with Crippen LogP contribution >= 0.6 is 0 Å². The normalized spacial score (nSPS) is 25.1. The molecule has 37 heavy (non-hydrogen) atoms. The fraction of sp³-hybridized carbons (Fsp3) is 0.500. The SMILES string of the molecule is O=C1O[C@H]([C@@H](O)CO)C(O)=C1[O-].O=C1O[C@H]([C@@H](O)CO)C(O)=C1[O-].O=C1O[C@H]([C@@H](O)CO)C(O)=C1[O-].[Lu+3]. The predicted molar refractivity (Wildman–Crippen MR) is 97.9 cm³/mol. The number of aliphatic hydroxyl groups is 9. The minimum Gasteiger partial charge on any atom is -0.865 e. The van der Waals surface area contributed by atoms with E-state index in [9.17, 15) is 29.7 Å². The molecule has 19 heteroatoms. The van der Waals surface area contributed by atoms with Crippen LogP contribution < -0.4 is 15.3 Å². The molecule has 0 spiro atoms. The summed E-state index contributed by atoms with van der Waals surface area (Å²) in [5, 5.41) is 110. The molecule has 3 rings (SSSR count). The first-order chi connectivity index (χ1) is 16.7. The van der Waals surface area contributed by atoms with Crippen molar-refractivity contribution in [2.45, 2.75) is 36.6 Å². The van der Waals surface area contributed by atoms with E-state index in [1.165, 1.54) is 0 Å². The Morgan fingerprint density at radius 1 is 0.568 bits per heavy atom. The van der Waals surface area contributed by atoms with Crippen LogP contribution in [0.3, 0.4) is 0 Å². The predicted octanol–water partition coefficient (Wildman–Crippen LogP) is -7.82. The van der Waals surface area contributed by atoms with Crippen molar-refractivity contribution in [3.63, 3.8) is 0 Å². The van der Waals surface area contributed by atoms with Crippen LogP contribution in [-0.2, 0) is 28.6 Å². The summed E-state index contributed by atoms with van der Waals surface area (Å²) < 4.78 is 12.8. The summed E-state index contributed by atoms with van der Waals surface area (Å²) in [5.41, 5.74) is 0. The Balaban J connectivity index is 0.000000518. The average Bonchev–Trinajstić information content (AvgIpc) is 3.40. The third kappa shape index (κ3) is 8.20. The second-order valence-corrected chi connectivity index (χ2v) is 6.87. The Kier molecular flexibility index (Phi) is 13.9. The number of carbonyl (C=O) groups is 3. The molecule has 0 saturated carbocycles. The fourth-order valence-corrected chi connectivity index (χ4v) is 2.44. The first kappa shape index (κ1) is 34.4. The number of cyclic esters (lactones) is 3. The van der Waals surface area contributed by atoms with Gasteiger partial charge in [0, 0.05) is 17.3 Å². The van der Waals surface area contributed by atoms with Crippen molar-refractivity contribution in [3.05, 3.63) is 34.6 Å². The van der Waals surface area contributed by atoms with Crippen LogP contribution in [0, 0.1) is 36.9 Å². The van der Waals surface area contributed by atoms with Crippen LogP contribution in [0.2, 0.25) is 0 Å². The Labute approximate surface area is 235 Å². The Morgan fingerprint density at radius 2 is 0.757 bits per heavy atom. The Hall–Kier alpha value is -2.58. The van der Waals surface area contributed by atoms with Crippen LogP contribution in [0.1, 0.15) is 0 Å². The molecule has 0 fully saturated rings. The number of carbonyl (C=O) groups excluding carboxylic acids is 3. The van der Waals surface area contributed by atoms with E-state index in [4.69, 9.17) is 46.0 Å². The molecule has 216 valence electrons. The zero-order chi connectivity index (χ0) is 27.9.